The molecule has 0 aliphatic rings. The van der Waals surface area contributed by atoms with Crippen molar-refractivity contribution in [1.82, 2.24) is 0 Å². The van der Waals surface area contributed by atoms with E-state index in [1.807, 2.05) is 0 Å². The third kappa shape index (κ3) is 26.0. The predicted molar refractivity (Wildman–Crippen MR) is 66.1 cm³/mol. The number of hydrogen-bond donors (Lipinski definition) is 0. The van der Waals surface area contributed by atoms with Gasteiger partial charge in [-0.3, -0.25) is 0 Å². The van der Waals surface area contributed by atoms with Crippen molar-refractivity contribution in [3.8, 4) is 0 Å². The van der Waals surface area contributed by atoms with Crippen LogP contribution >= 0.6 is 0 Å². The molecule has 0 radical (unpaired) electrons. The van der Waals surface area contributed by atoms with Crippen LogP contribution in [0, 0.1) is 0 Å². The summed E-state index contributed by atoms with van der Waals surface area (Å²) in [7, 11) is -8.16. The van der Waals surface area contributed by atoms with Crippen LogP contribution in [0.2, 0.25) is 0 Å². The fourth-order valence-corrected chi connectivity index (χ4v) is 2.73. The van der Waals surface area contributed by atoms with Crippen LogP contribution in [-0.2, 0) is 20.2 Å². The predicted octanol–water partition coefficient (Wildman–Crippen LogP) is -4.79. The molecule has 0 bridgehead atoms. The normalized spacial score (nSPS) is 11.5. The summed E-state index contributed by atoms with van der Waals surface area (Å²) in [5.74, 6) is -0.595. The van der Waals surface area contributed by atoms with Gasteiger partial charge in [0.2, 0.25) is 0 Å². The molecule has 0 aliphatic heterocycles. The summed E-state index contributed by atoms with van der Waals surface area (Å²) in [5.41, 5.74) is 0. The van der Waals surface area contributed by atoms with Crippen molar-refractivity contribution in [2.45, 2.75) is 51.4 Å². The minimum absolute atomic E-state index is 0. The molecule has 0 saturated heterocycles. The Hall–Kier alpha value is 3.09. The zero-order valence-electron chi connectivity index (χ0n) is 12.3. The quantitative estimate of drug-likeness (QED) is 0.202. The van der Waals surface area contributed by atoms with Crippen molar-refractivity contribution in [2.24, 2.45) is 0 Å². The summed E-state index contributed by atoms with van der Waals surface area (Å²) < 4.78 is 61.7. The zero-order valence-corrected chi connectivity index (χ0v) is 20.2. The molecule has 0 rings (SSSR count). The van der Waals surface area contributed by atoms with Crippen LogP contribution in [0.25, 0.3) is 0 Å². The molecule has 0 aliphatic carbocycles. The zero-order chi connectivity index (χ0) is 14.1. The minimum atomic E-state index is -4.08. The molecule has 20 heavy (non-hydrogen) atoms. The molecule has 10 heteroatoms. The van der Waals surface area contributed by atoms with Gasteiger partial charge in [0.05, 0.1) is 20.2 Å². The summed E-state index contributed by atoms with van der Waals surface area (Å²) in [4.78, 5) is 0. The first kappa shape index (κ1) is 27.9. The van der Waals surface area contributed by atoms with Crippen LogP contribution in [0.15, 0.2) is 0 Å². The van der Waals surface area contributed by atoms with Gasteiger partial charge in [-0.1, -0.05) is 38.5 Å². The maximum absolute atomic E-state index is 10.3. The van der Waals surface area contributed by atoms with Gasteiger partial charge in [-0.2, -0.15) is 0 Å². The van der Waals surface area contributed by atoms with Gasteiger partial charge in [0.15, 0.2) is 0 Å². The van der Waals surface area contributed by atoms with Crippen molar-refractivity contribution in [3.63, 3.8) is 0 Å². The molecule has 0 aromatic heterocycles. The smallest absolute Gasteiger partial charge is 0.748 e. The van der Waals surface area contributed by atoms with E-state index in [9.17, 15) is 25.9 Å². The molecule has 110 valence electrons. The number of hydrogen-bond acceptors (Lipinski definition) is 6. The number of unbranched alkanes of at least 4 members (excludes halogenated alkanes) is 7. The molecule has 6 nitrogen and oxygen atoms in total. The Labute approximate surface area is 207 Å². The van der Waals surface area contributed by atoms with Crippen LogP contribution in [-0.4, -0.2) is 37.4 Å². The van der Waals surface area contributed by atoms with E-state index in [0.29, 0.717) is 12.8 Å². The van der Waals surface area contributed by atoms with Gasteiger partial charge in [-0.15, -0.1) is 0 Å². The molecule has 0 saturated carbocycles. The Morgan fingerprint density at radius 1 is 0.500 bits per heavy atom. The van der Waals surface area contributed by atoms with Crippen molar-refractivity contribution in [3.05, 3.63) is 0 Å². The average Bonchev–Trinajstić information content (AvgIpc) is 2.17. The van der Waals surface area contributed by atoms with Gasteiger partial charge in [-0.25, -0.2) is 16.8 Å². The van der Waals surface area contributed by atoms with Gasteiger partial charge in [0, 0.05) is 11.5 Å². The molecule has 0 aromatic rings. The van der Waals surface area contributed by atoms with E-state index in [4.69, 9.17) is 0 Å². The minimum Gasteiger partial charge on any atom is -0.748 e. The van der Waals surface area contributed by atoms with Crippen LogP contribution < -0.4 is 103 Å². The molecular formula is C10H20K2O6S2. The Morgan fingerprint density at radius 3 is 0.900 bits per heavy atom. The topological polar surface area (TPSA) is 114 Å². The summed E-state index contributed by atoms with van der Waals surface area (Å²) in [6.45, 7) is 0. The Kier molecular flexibility index (Phi) is 21.8. The Morgan fingerprint density at radius 2 is 0.700 bits per heavy atom. The van der Waals surface area contributed by atoms with Crippen LogP contribution in [0.1, 0.15) is 51.4 Å². The van der Waals surface area contributed by atoms with E-state index < -0.39 is 20.2 Å². The summed E-state index contributed by atoms with van der Waals surface area (Å²) in [6.07, 6.45) is 5.85. The SMILES string of the molecule is O=S(=O)([O-])CCCCCCCCCCS(=O)(=O)[O-].[K+].[K+]. The van der Waals surface area contributed by atoms with E-state index in [-0.39, 0.29) is 114 Å². The van der Waals surface area contributed by atoms with Crippen molar-refractivity contribution >= 4 is 20.2 Å². The molecule has 0 spiro atoms. The van der Waals surface area contributed by atoms with Crippen LogP contribution in [0.5, 0.6) is 0 Å². The van der Waals surface area contributed by atoms with Gasteiger partial charge < -0.3 is 9.11 Å². The Bertz CT molecular complexity index is 367. The average molecular weight is 379 g/mol. The van der Waals surface area contributed by atoms with E-state index in [0.717, 1.165) is 38.5 Å². The molecule has 0 heterocycles. The largest absolute Gasteiger partial charge is 1.00 e. The summed E-state index contributed by atoms with van der Waals surface area (Å²) >= 11 is 0. The maximum Gasteiger partial charge on any atom is 1.00 e. The van der Waals surface area contributed by atoms with Crippen LogP contribution in [0.4, 0.5) is 0 Å². The number of rotatable bonds is 11. The first-order valence-corrected chi connectivity index (χ1v) is 9.23. The fraction of sp³-hybridized carbons (Fsp3) is 1.00. The van der Waals surface area contributed by atoms with E-state index in [2.05, 4.69) is 0 Å². The van der Waals surface area contributed by atoms with Crippen molar-refractivity contribution < 1.29 is 129 Å². The molecule has 0 amide bonds. The molecule has 0 unspecified atom stereocenters. The second-order valence-corrected chi connectivity index (χ2v) is 7.40. The second-order valence-electron chi connectivity index (χ2n) is 4.35. The first-order valence-electron chi connectivity index (χ1n) is 6.08. The maximum atomic E-state index is 10.3. The van der Waals surface area contributed by atoms with Gasteiger partial charge >= 0.3 is 103 Å². The standard InChI is InChI=1S/C10H22O6S2.2K/c11-17(12,13)9-7-5-3-1-2-4-6-8-10-18(14,15)16;;/h1-10H2,(H,11,12,13)(H,14,15,16);;/q;2*+1/p-2. The monoisotopic (exact) mass is 378 g/mol. The van der Waals surface area contributed by atoms with E-state index >= 15 is 0 Å². The third-order valence-electron chi connectivity index (χ3n) is 2.54. The second kappa shape index (κ2) is 15.6. The molecule has 0 aromatic carbocycles. The van der Waals surface area contributed by atoms with Crippen molar-refractivity contribution in [1.29, 1.82) is 0 Å². The molecule has 0 N–H and O–H groups in total. The molecule has 0 atom stereocenters. The van der Waals surface area contributed by atoms with E-state index in [1.54, 1.807) is 0 Å². The fourth-order valence-electron chi connectivity index (χ4n) is 1.62. The van der Waals surface area contributed by atoms with Gasteiger partial charge in [0.1, 0.15) is 0 Å². The Balaban J connectivity index is -0.00000144. The van der Waals surface area contributed by atoms with E-state index in [1.165, 1.54) is 0 Å². The third-order valence-corrected chi connectivity index (χ3v) is 4.12. The van der Waals surface area contributed by atoms with Gasteiger partial charge in [0.25, 0.3) is 0 Å². The molecule has 0 fully saturated rings. The summed E-state index contributed by atoms with van der Waals surface area (Å²) in [5, 5.41) is 0. The summed E-state index contributed by atoms with van der Waals surface area (Å²) in [6, 6.07) is 0. The van der Waals surface area contributed by atoms with Crippen LogP contribution in [0.3, 0.4) is 0 Å². The van der Waals surface area contributed by atoms with Gasteiger partial charge in [-0.05, 0) is 12.8 Å². The van der Waals surface area contributed by atoms with Crippen molar-refractivity contribution in [2.75, 3.05) is 11.5 Å². The molecular weight excluding hydrogens is 358 g/mol. The first-order chi connectivity index (χ1) is 8.21.